The van der Waals surface area contributed by atoms with Crippen LogP contribution in [0, 0.1) is 5.41 Å². The van der Waals surface area contributed by atoms with Gasteiger partial charge in [0.15, 0.2) is 12.6 Å². The van der Waals surface area contributed by atoms with E-state index in [1.54, 1.807) is 0 Å². The lowest BCUT2D eigenvalue weighted by molar-refractivity contribution is -0.361. The van der Waals surface area contributed by atoms with Gasteiger partial charge in [0.25, 0.3) is 0 Å². The normalized spacial score (nSPS) is 31.8. The molecule has 2 aliphatic heterocycles. The van der Waals surface area contributed by atoms with E-state index in [4.69, 9.17) is 18.9 Å². The summed E-state index contributed by atoms with van der Waals surface area (Å²) >= 11 is 0. The molecule has 2 fully saturated rings. The Balaban J connectivity index is 2.00. The van der Waals surface area contributed by atoms with Crippen molar-refractivity contribution < 1.29 is 59.8 Å². The minimum Gasteiger partial charge on any atom is -0.396 e. The molecule has 0 aromatic rings. The lowest BCUT2D eigenvalue weighted by Gasteiger charge is -2.46. The maximum atomic E-state index is 11.0. The van der Waals surface area contributed by atoms with Crippen molar-refractivity contribution in [1.29, 1.82) is 0 Å². The molecule has 0 saturated carbocycles. The first-order chi connectivity index (χ1) is 22.7. The third kappa shape index (κ3) is 14.0. The molecule has 0 bridgehead atoms. The molecular formula is C35H68O12. The zero-order valence-corrected chi connectivity index (χ0v) is 29.0. The van der Waals surface area contributed by atoms with Crippen LogP contribution in [-0.2, 0) is 18.9 Å². The summed E-state index contributed by atoms with van der Waals surface area (Å²) in [5.74, 6) is 0. The Labute approximate surface area is 282 Å². The van der Waals surface area contributed by atoms with Crippen molar-refractivity contribution in [3.8, 4) is 0 Å². The molecule has 12 heteroatoms. The Bertz CT molecular complexity index is 751. The number of aliphatic hydroxyl groups is 8. The quantitative estimate of drug-likeness (QED) is 0.0623. The number of aliphatic hydroxyl groups excluding tert-OH is 8. The lowest BCUT2D eigenvalue weighted by atomic mass is 9.79. The van der Waals surface area contributed by atoms with Gasteiger partial charge in [0.1, 0.15) is 48.8 Å². The summed E-state index contributed by atoms with van der Waals surface area (Å²) in [6, 6.07) is 0. The average Bonchev–Trinajstić information content (AvgIpc) is 3.08. The van der Waals surface area contributed by atoms with Crippen molar-refractivity contribution in [1.82, 2.24) is 0 Å². The first-order valence-corrected chi connectivity index (χ1v) is 18.5. The zero-order valence-electron chi connectivity index (χ0n) is 29.0. The minimum absolute atomic E-state index is 0.0857. The fourth-order valence-electron chi connectivity index (χ4n) is 6.69. The SMILES string of the molecule is CCCCCCCCCCC(CO)(CCCCCCCCCC)CO[C@@H]1O[C@H](CO)[C@@H](O[C@H]2O[C@H](CO)[C@@H](O)[C@H](O)[C@H]2O)[C@H](O)[C@H]1O. The first-order valence-electron chi connectivity index (χ1n) is 18.5. The highest BCUT2D eigenvalue weighted by molar-refractivity contribution is 4.94. The van der Waals surface area contributed by atoms with E-state index >= 15 is 0 Å². The fraction of sp³-hybridized carbons (Fsp3) is 1.00. The molecule has 47 heavy (non-hydrogen) atoms. The van der Waals surface area contributed by atoms with Crippen LogP contribution in [0.15, 0.2) is 0 Å². The Morgan fingerprint density at radius 3 is 1.43 bits per heavy atom. The smallest absolute Gasteiger partial charge is 0.187 e. The highest BCUT2D eigenvalue weighted by atomic mass is 16.7. The molecule has 0 spiro atoms. The highest BCUT2D eigenvalue weighted by Gasteiger charge is 2.51. The molecule has 10 atom stereocenters. The van der Waals surface area contributed by atoms with Crippen molar-refractivity contribution in [2.75, 3.05) is 26.4 Å². The van der Waals surface area contributed by atoms with E-state index in [2.05, 4.69) is 13.8 Å². The third-order valence-corrected chi connectivity index (χ3v) is 9.97. The largest absolute Gasteiger partial charge is 0.396 e. The minimum atomic E-state index is -1.73. The van der Waals surface area contributed by atoms with Crippen molar-refractivity contribution >= 4 is 0 Å². The molecular weight excluding hydrogens is 612 g/mol. The van der Waals surface area contributed by atoms with Crippen LogP contribution in [0.4, 0.5) is 0 Å². The van der Waals surface area contributed by atoms with E-state index in [-0.39, 0.29) is 13.2 Å². The summed E-state index contributed by atoms with van der Waals surface area (Å²) in [7, 11) is 0. The van der Waals surface area contributed by atoms with Gasteiger partial charge in [-0.3, -0.25) is 0 Å². The van der Waals surface area contributed by atoms with E-state index in [9.17, 15) is 40.9 Å². The second-order valence-electron chi connectivity index (χ2n) is 13.9. The predicted octanol–water partition coefficient (Wildman–Crippen LogP) is 2.67. The summed E-state index contributed by atoms with van der Waals surface area (Å²) in [5.41, 5.74) is -0.545. The van der Waals surface area contributed by atoms with Crippen LogP contribution in [0.5, 0.6) is 0 Å². The second-order valence-corrected chi connectivity index (χ2v) is 13.9. The number of rotatable bonds is 26. The Hall–Kier alpha value is -0.480. The molecule has 2 heterocycles. The van der Waals surface area contributed by atoms with Crippen molar-refractivity contribution in [2.45, 2.75) is 191 Å². The van der Waals surface area contributed by atoms with E-state index in [0.29, 0.717) is 0 Å². The third-order valence-electron chi connectivity index (χ3n) is 9.97. The summed E-state index contributed by atoms with van der Waals surface area (Å²) in [5, 5.41) is 82.8. The molecule has 12 nitrogen and oxygen atoms in total. The molecule has 280 valence electrons. The van der Waals surface area contributed by atoms with Crippen LogP contribution in [-0.4, -0.2) is 129 Å². The summed E-state index contributed by atoms with van der Waals surface area (Å²) < 4.78 is 23.0. The Kier molecular flexibility index (Phi) is 21.7. The summed E-state index contributed by atoms with van der Waals surface area (Å²) in [6.07, 6.45) is 5.23. The van der Waals surface area contributed by atoms with Crippen LogP contribution in [0.1, 0.15) is 129 Å². The van der Waals surface area contributed by atoms with Crippen LogP contribution in [0.2, 0.25) is 0 Å². The molecule has 0 aliphatic carbocycles. The predicted molar refractivity (Wildman–Crippen MR) is 176 cm³/mol. The van der Waals surface area contributed by atoms with Crippen molar-refractivity contribution in [2.24, 2.45) is 5.41 Å². The van der Waals surface area contributed by atoms with Gasteiger partial charge in [0.05, 0.1) is 26.4 Å². The van der Waals surface area contributed by atoms with Gasteiger partial charge in [-0.25, -0.2) is 0 Å². The van der Waals surface area contributed by atoms with Crippen LogP contribution >= 0.6 is 0 Å². The average molecular weight is 681 g/mol. The molecule has 2 rings (SSSR count). The van der Waals surface area contributed by atoms with Gasteiger partial charge in [0.2, 0.25) is 0 Å². The van der Waals surface area contributed by atoms with Crippen LogP contribution < -0.4 is 0 Å². The highest BCUT2D eigenvalue weighted by Crippen LogP contribution is 2.35. The van der Waals surface area contributed by atoms with Crippen LogP contribution in [0.3, 0.4) is 0 Å². The van der Waals surface area contributed by atoms with E-state index in [0.717, 1.165) is 51.4 Å². The van der Waals surface area contributed by atoms with E-state index in [1.807, 2.05) is 0 Å². The van der Waals surface area contributed by atoms with Gasteiger partial charge in [-0.15, -0.1) is 0 Å². The molecule has 0 unspecified atom stereocenters. The standard InChI is InChI=1S/C35H68O12/c1-3-5-7-9-11-13-15-17-19-35(23-38,20-18-16-14-12-10-8-6-4-2)24-44-33-31(43)29(41)32(26(22-37)46-33)47-34-30(42)28(40)27(39)25(21-36)45-34/h25-34,36-43H,3-24H2,1-2H3/t25-,26-,27-,28+,29-,30-,31-,32-,33-,34-/m1/s1. The molecule has 8 N–H and O–H groups in total. The fourth-order valence-corrected chi connectivity index (χ4v) is 6.69. The number of hydrogen-bond donors (Lipinski definition) is 8. The Morgan fingerprint density at radius 2 is 0.957 bits per heavy atom. The number of ether oxygens (including phenoxy) is 4. The molecule has 2 saturated heterocycles. The summed E-state index contributed by atoms with van der Waals surface area (Å²) in [4.78, 5) is 0. The van der Waals surface area contributed by atoms with Crippen molar-refractivity contribution in [3.05, 3.63) is 0 Å². The topological polar surface area (TPSA) is 199 Å². The molecule has 0 amide bonds. The maximum absolute atomic E-state index is 11.0. The second kappa shape index (κ2) is 23.8. The van der Waals surface area contributed by atoms with Gasteiger partial charge in [0, 0.05) is 5.41 Å². The van der Waals surface area contributed by atoms with Crippen molar-refractivity contribution in [3.63, 3.8) is 0 Å². The molecule has 0 aromatic heterocycles. The van der Waals surface area contributed by atoms with E-state index < -0.39 is 80.0 Å². The van der Waals surface area contributed by atoms with Gasteiger partial charge in [-0.2, -0.15) is 0 Å². The first kappa shape index (κ1) is 42.7. The number of hydrogen-bond acceptors (Lipinski definition) is 12. The monoisotopic (exact) mass is 680 g/mol. The van der Waals surface area contributed by atoms with Crippen LogP contribution in [0.25, 0.3) is 0 Å². The number of unbranched alkanes of at least 4 members (excludes halogenated alkanes) is 14. The maximum Gasteiger partial charge on any atom is 0.187 e. The lowest BCUT2D eigenvalue weighted by Crippen LogP contribution is -2.64. The summed E-state index contributed by atoms with van der Waals surface area (Å²) in [6.45, 7) is 3.14. The van der Waals surface area contributed by atoms with Gasteiger partial charge >= 0.3 is 0 Å². The van der Waals surface area contributed by atoms with Gasteiger partial charge < -0.3 is 59.8 Å². The van der Waals surface area contributed by atoms with E-state index in [1.165, 1.54) is 64.2 Å². The van der Waals surface area contributed by atoms with Gasteiger partial charge in [-0.1, -0.05) is 117 Å². The molecule has 0 aromatic carbocycles. The molecule has 2 aliphatic rings. The Morgan fingerprint density at radius 1 is 0.511 bits per heavy atom. The van der Waals surface area contributed by atoms with Gasteiger partial charge in [-0.05, 0) is 12.8 Å². The molecule has 0 radical (unpaired) electrons. The zero-order chi connectivity index (χ0) is 34.7.